The van der Waals surface area contributed by atoms with Crippen LogP contribution in [0.25, 0.3) is 0 Å². The summed E-state index contributed by atoms with van der Waals surface area (Å²) in [4.78, 5) is 11.6. The molecule has 0 saturated carbocycles. The normalized spacial score (nSPS) is 11.7. The van der Waals surface area contributed by atoms with Gasteiger partial charge in [-0.15, -0.1) is 0 Å². The van der Waals surface area contributed by atoms with E-state index in [1.54, 1.807) is 0 Å². The molecule has 6 heteroatoms. The summed E-state index contributed by atoms with van der Waals surface area (Å²) in [5.41, 5.74) is 2.12. The first-order chi connectivity index (χ1) is 10.0. The van der Waals surface area contributed by atoms with Crippen LogP contribution in [0.3, 0.4) is 0 Å². The Balaban J connectivity index is 3.42. The van der Waals surface area contributed by atoms with Crippen molar-refractivity contribution in [2.45, 2.75) is 77.6 Å². The highest BCUT2D eigenvalue weighted by Crippen LogP contribution is 2.11. The highest BCUT2D eigenvalue weighted by Gasteiger charge is 2.13. The summed E-state index contributed by atoms with van der Waals surface area (Å²) < 4.78 is 26.8. The number of unbranched alkanes of at least 4 members (excludes halogenated alkanes) is 8. The Morgan fingerprint density at radius 3 is 1.95 bits per heavy atom. The second kappa shape index (κ2) is 13.2. The Hall–Kier alpha value is -0.460. The van der Waals surface area contributed by atoms with Crippen molar-refractivity contribution in [2.24, 2.45) is 0 Å². The lowest BCUT2D eigenvalue weighted by molar-refractivity contribution is -0.118. The molecule has 0 aromatic heterocycles. The fourth-order valence-corrected chi connectivity index (χ4v) is 2.98. The Labute approximate surface area is 129 Å². The number of nitrogens with one attached hydrogen (secondary N) is 1. The van der Waals surface area contributed by atoms with Crippen molar-refractivity contribution in [3.63, 3.8) is 0 Å². The molecule has 5 nitrogen and oxygen atoms in total. The Morgan fingerprint density at radius 1 is 0.905 bits per heavy atom. The van der Waals surface area contributed by atoms with Gasteiger partial charge in [-0.1, -0.05) is 58.3 Å². The molecule has 0 unspecified atom stereocenters. The highest BCUT2D eigenvalue weighted by molar-refractivity contribution is 7.86. The van der Waals surface area contributed by atoms with Crippen molar-refractivity contribution in [1.82, 2.24) is 5.48 Å². The summed E-state index contributed by atoms with van der Waals surface area (Å²) >= 11 is 0. The molecule has 1 N–H and O–H groups in total. The molecule has 0 aliphatic carbocycles. The number of Topliss-reactive ketones (excluding diaryl/α,β-unsaturated/α-hetero) is 1. The minimum Gasteiger partial charge on any atom is -0.300 e. The van der Waals surface area contributed by atoms with E-state index in [2.05, 4.69) is 16.7 Å². The molecule has 0 fully saturated rings. The van der Waals surface area contributed by atoms with Crippen LogP contribution in [0.15, 0.2) is 0 Å². The van der Waals surface area contributed by atoms with E-state index in [-0.39, 0.29) is 18.0 Å². The first-order valence-corrected chi connectivity index (χ1v) is 9.69. The smallest absolute Gasteiger partial charge is 0.283 e. The second-order valence-electron chi connectivity index (χ2n) is 5.42. The molecule has 0 aliphatic rings. The van der Waals surface area contributed by atoms with Gasteiger partial charge in [-0.3, -0.25) is 4.79 Å². The van der Waals surface area contributed by atoms with E-state index in [4.69, 9.17) is 0 Å². The Kier molecular flexibility index (Phi) is 12.9. The third kappa shape index (κ3) is 14.2. The number of carbonyl (C=O) groups is 1. The summed E-state index contributed by atoms with van der Waals surface area (Å²) in [5.74, 6) is -0.245. The molecule has 0 aliphatic heterocycles. The summed E-state index contributed by atoms with van der Waals surface area (Å²) in [6, 6.07) is 0. The average molecular weight is 321 g/mol. The largest absolute Gasteiger partial charge is 0.300 e. The second-order valence-corrected chi connectivity index (χ2v) is 7.11. The van der Waals surface area contributed by atoms with Crippen LogP contribution < -0.4 is 5.48 Å². The van der Waals surface area contributed by atoms with Crippen molar-refractivity contribution in [2.75, 3.05) is 12.8 Å². The van der Waals surface area contributed by atoms with Crippen molar-refractivity contribution < 1.29 is 17.5 Å². The van der Waals surface area contributed by atoms with Crippen LogP contribution in [0.2, 0.25) is 0 Å². The molecule has 0 amide bonds. The van der Waals surface area contributed by atoms with Gasteiger partial charge in [0, 0.05) is 19.9 Å². The molecule has 0 radical (unpaired) electrons. The monoisotopic (exact) mass is 321 g/mol. The van der Waals surface area contributed by atoms with Crippen LogP contribution in [-0.4, -0.2) is 27.0 Å². The van der Waals surface area contributed by atoms with Crippen LogP contribution in [0.4, 0.5) is 0 Å². The molecule has 0 aromatic carbocycles. The van der Waals surface area contributed by atoms with Gasteiger partial charge in [0.05, 0.1) is 5.75 Å². The van der Waals surface area contributed by atoms with Gasteiger partial charge in [0.2, 0.25) is 0 Å². The van der Waals surface area contributed by atoms with Gasteiger partial charge in [0.1, 0.15) is 5.78 Å². The predicted molar refractivity (Wildman–Crippen MR) is 85.4 cm³/mol. The average Bonchev–Trinajstić information content (AvgIpc) is 2.43. The molecule has 0 rings (SSSR count). The number of rotatable bonds is 15. The van der Waals surface area contributed by atoms with E-state index >= 15 is 0 Å². The fraction of sp³-hybridized carbons (Fsp3) is 0.933. The minimum absolute atomic E-state index is 0.00113. The van der Waals surface area contributed by atoms with Crippen molar-refractivity contribution in [3.05, 3.63) is 0 Å². The number of ketones is 1. The summed E-state index contributed by atoms with van der Waals surface area (Å²) in [5, 5.41) is 0. The molecule has 0 heterocycles. The Bertz CT molecular complexity index is 355. The van der Waals surface area contributed by atoms with Crippen LogP contribution in [0.5, 0.6) is 0 Å². The molecule has 0 atom stereocenters. The Morgan fingerprint density at radius 2 is 1.43 bits per heavy atom. The van der Waals surface area contributed by atoms with Crippen LogP contribution in [0.1, 0.15) is 77.6 Å². The first kappa shape index (κ1) is 20.5. The zero-order valence-electron chi connectivity index (χ0n) is 13.5. The molecule has 126 valence electrons. The highest BCUT2D eigenvalue weighted by atomic mass is 32.2. The lowest BCUT2D eigenvalue weighted by Crippen LogP contribution is -2.20. The number of hydrogen-bond donors (Lipinski definition) is 1. The molecular formula is C15H31NO4S. The maximum Gasteiger partial charge on any atom is 0.283 e. The van der Waals surface area contributed by atoms with Crippen LogP contribution >= 0.6 is 0 Å². The lowest BCUT2D eigenvalue weighted by atomic mass is 10.1. The fourth-order valence-electron chi connectivity index (χ4n) is 2.17. The third-order valence-corrected chi connectivity index (χ3v) is 4.53. The van der Waals surface area contributed by atoms with Gasteiger partial charge in [0.25, 0.3) is 10.1 Å². The van der Waals surface area contributed by atoms with Gasteiger partial charge >= 0.3 is 0 Å². The zero-order chi connectivity index (χ0) is 16.0. The quantitative estimate of drug-likeness (QED) is 0.370. The summed E-state index contributed by atoms with van der Waals surface area (Å²) in [6.45, 7) is 2.22. The number of carbonyl (C=O) groups excluding carboxylic acids is 1. The number of hydroxylamine groups is 1. The maximum absolute atomic E-state index is 11.6. The topological polar surface area (TPSA) is 72.5 Å². The van der Waals surface area contributed by atoms with Crippen molar-refractivity contribution in [3.8, 4) is 0 Å². The van der Waals surface area contributed by atoms with Crippen LogP contribution in [0, 0.1) is 0 Å². The van der Waals surface area contributed by atoms with E-state index in [1.807, 2.05) is 0 Å². The molecule has 0 saturated heterocycles. The van der Waals surface area contributed by atoms with E-state index in [9.17, 15) is 13.2 Å². The SMILES string of the molecule is CCCCCCCCCCCC(=O)CCS(=O)(=O)ONC. The lowest BCUT2D eigenvalue weighted by Gasteiger charge is -2.04. The molecule has 21 heavy (non-hydrogen) atoms. The summed E-state index contributed by atoms with van der Waals surface area (Å²) in [6.07, 6.45) is 11.4. The first-order valence-electron chi connectivity index (χ1n) is 8.11. The van der Waals surface area contributed by atoms with Crippen LogP contribution in [-0.2, 0) is 19.2 Å². The third-order valence-electron chi connectivity index (χ3n) is 3.40. The predicted octanol–water partition coefficient (Wildman–Crippen LogP) is 3.35. The van der Waals surface area contributed by atoms with Crippen molar-refractivity contribution >= 4 is 15.9 Å². The zero-order valence-corrected chi connectivity index (χ0v) is 14.3. The standard InChI is InChI=1S/C15H31NO4S/c1-3-4-5-6-7-8-9-10-11-12-15(17)13-14-21(18,19)20-16-2/h16H,3-14H2,1-2H3. The number of hydrogen-bond acceptors (Lipinski definition) is 5. The van der Waals surface area contributed by atoms with Gasteiger partial charge in [-0.25, -0.2) is 0 Å². The van der Waals surface area contributed by atoms with E-state index in [0.717, 1.165) is 12.8 Å². The molecule has 0 aromatic rings. The van der Waals surface area contributed by atoms with Gasteiger partial charge in [-0.2, -0.15) is 18.2 Å². The molecule has 0 bridgehead atoms. The van der Waals surface area contributed by atoms with E-state index in [0.29, 0.717) is 6.42 Å². The molecule has 0 spiro atoms. The van der Waals surface area contributed by atoms with E-state index < -0.39 is 10.1 Å². The van der Waals surface area contributed by atoms with Gasteiger partial charge in [0.15, 0.2) is 0 Å². The van der Waals surface area contributed by atoms with Crippen molar-refractivity contribution in [1.29, 1.82) is 0 Å². The van der Waals surface area contributed by atoms with Gasteiger partial charge < -0.3 is 0 Å². The van der Waals surface area contributed by atoms with E-state index in [1.165, 1.54) is 52.0 Å². The maximum atomic E-state index is 11.6. The molecular weight excluding hydrogens is 290 g/mol. The van der Waals surface area contributed by atoms with Gasteiger partial charge in [-0.05, 0) is 6.42 Å². The summed E-state index contributed by atoms with van der Waals surface area (Å²) in [7, 11) is -2.23. The minimum atomic E-state index is -3.61.